The van der Waals surface area contributed by atoms with E-state index >= 15 is 0 Å². The zero-order valence-corrected chi connectivity index (χ0v) is 24.0. The first-order valence-electron chi connectivity index (χ1n) is 13.3. The quantitative estimate of drug-likeness (QED) is 0.296. The number of rotatable bonds is 8. The van der Waals surface area contributed by atoms with Crippen molar-refractivity contribution in [2.75, 3.05) is 19.6 Å². The van der Waals surface area contributed by atoms with Crippen LogP contribution in [0, 0.1) is 0 Å². The molecule has 2 aliphatic heterocycles. The molecule has 2 aromatic carbocycles. The number of phenolic OH excluding ortho intramolecular Hbond substituents is 1. The summed E-state index contributed by atoms with van der Waals surface area (Å²) in [5, 5.41) is 16.0. The average Bonchev–Trinajstić information content (AvgIpc) is 2.97. The smallest absolute Gasteiger partial charge is 0.334 e. The summed E-state index contributed by atoms with van der Waals surface area (Å²) in [5.41, 5.74) is 2.53. The van der Waals surface area contributed by atoms with Gasteiger partial charge >= 0.3 is 6.03 Å². The number of nitrogens with one attached hydrogen (secondary N) is 1. The summed E-state index contributed by atoms with van der Waals surface area (Å²) in [5.74, 6) is -0.358. The largest absolute Gasteiger partial charge is 0.508 e. The number of pyridine rings is 1. The number of urea groups is 1. The Morgan fingerprint density at radius 3 is 2.54 bits per heavy atom. The number of hydrogen-bond acceptors (Lipinski definition) is 6. The number of aromatic hydroxyl groups is 1. The molecule has 2 N–H and O–H groups in total. The molecule has 5 rings (SSSR count). The van der Waals surface area contributed by atoms with Crippen molar-refractivity contribution in [2.24, 2.45) is 0 Å². The molecule has 3 heterocycles. The van der Waals surface area contributed by atoms with E-state index in [0.717, 1.165) is 16.7 Å². The van der Waals surface area contributed by atoms with Crippen LogP contribution in [0.25, 0.3) is 0 Å². The van der Waals surface area contributed by atoms with E-state index < -0.39 is 12.2 Å². The summed E-state index contributed by atoms with van der Waals surface area (Å²) < 4.78 is 0.621. The Labute approximate surface area is 247 Å². The highest BCUT2D eigenvalue weighted by molar-refractivity contribution is 9.10. The maximum atomic E-state index is 14.0. The second-order valence-electron chi connectivity index (χ2n) is 9.96. The molecular formula is C30H31BrN6O4. The Balaban J connectivity index is 1.50. The number of hydrazine groups is 1. The number of fused-ring (bicyclic) bond motifs is 1. The SMILES string of the molecule is C=CCN1CC(=O)N2[C@@H](Cc3ccc(O)cc3)C(=O)N(Cc3cccnc3Br)C[C@@H]2N1C(=O)NCc1ccccc1. The van der Waals surface area contributed by atoms with Crippen LogP contribution in [0.1, 0.15) is 16.7 Å². The lowest BCUT2D eigenvalue weighted by Crippen LogP contribution is -2.76. The highest BCUT2D eigenvalue weighted by Gasteiger charge is 2.51. The predicted octanol–water partition coefficient (Wildman–Crippen LogP) is 3.29. The zero-order valence-electron chi connectivity index (χ0n) is 22.4. The highest BCUT2D eigenvalue weighted by atomic mass is 79.9. The van der Waals surface area contributed by atoms with E-state index in [4.69, 9.17) is 0 Å². The van der Waals surface area contributed by atoms with Crippen molar-refractivity contribution in [3.8, 4) is 5.75 Å². The van der Waals surface area contributed by atoms with E-state index in [2.05, 4.69) is 32.8 Å². The molecule has 0 spiro atoms. The van der Waals surface area contributed by atoms with Crippen LogP contribution in [-0.2, 0) is 29.1 Å². The fourth-order valence-electron chi connectivity index (χ4n) is 5.30. The minimum atomic E-state index is -0.850. The van der Waals surface area contributed by atoms with Gasteiger partial charge < -0.3 is 20.2 Å². The van der Waals surface area contributed by atoms with E-state index in [-0.39, 0.29) is 56.2 Å². The van der Waals surface area contributed by atoms with Crippen LogP contribution in [0.2, 0.25) is 0 Å². The van der Waals surface area contributed by atoms with Gasteiger partial charge in [0.15, 0.2) is 0 Å². The number of nitrogens with zero attached hydrogens (tertiary/aromatic N) is 5. The van der Waals surface area contributed by atoms with Crippen molar-refractivity contribution >= 4 is 33.8 Å². The lowest BCUT2D eigenvalue weighted by Gasteiger charge is -2.55. The van der Waals surface area contributed by atoms with Crippen molar-refractivity contribution < 1.29 is 19.5 Å². The van der Waals surface area contributed by atoms with Gasteiger partial charge in [-0.05, 0) is 45.3 Å². The van der Waals surface area contributed by atoms with Crippen molar-refractivity contribution in [3.63, 3.8) is 0 Å². The molecule has 11 heteroatoms. The predicted molar refractivity (Wildman–Crippen MR) is 156 cm³/mol. The number of carbonyl (C=O) groups is 3. The van der Waals surface area contributed by atoms with Crippen LogP contribution < -0.4 is 5.32 Å². The maximum absolute atomic E-state index is 14.0. The van der Waals surface area contributed by atoms with Gasteiger partial charge in [0.05, 0.1) is 13.1 Å². The van der Waals surface area contributed by atoms with Gasteiger partial charge in [0.2, 0.25) is 11.8 Å². The van der Waals surface area contributed by atoms with E-state index in [1.165, 1.54) is 0 Å². The number of carbonyl (C=O) groups excluding carboxylic acids is 3. The van der Waals surface area contributed by atoms with Crippen LogP contribution in [0.15, 0.2) is 90.2 Å². The third kappa shape index (κ3) is 6.26. The number of halogens is 1. The fraction of sp³-hybridized carbons (Fsp3) is 0.267. The van der Waals surface area contributed by atoms with E-state index in [1.807, 2.05) is 36.4 Å². The number of phenols is 1. The van der Waals surface area contributed by atoms with Crippen LogP contribution in [0.3, 0.4) is 0 Å². The number of piperazine rings is 1. The first kappa shape index (κ1) is 28.3. The lowest BCUT2D eigenvalue weighted by molar-refractivity contribution is -0.189. The molecular weight excluding hydrogens is 588 g/mol. The molecule has 3 aromatic rings. The molecule has 2 saturated heterocycles. The van der Waals surface area contributed by atoms with Gasteiger partial charge in [-0.2, -0.15) is 0 Å². The molecule has 0 bridgehead atoms. The molecule has 2 fully saturated rings. The number of aromatic nitrogens is 1. The maximum Gasteiger partial charge on any atom is 0.334 e. The number of benzene rings is 2. The van der Waals surface area contributed by atoms with Crippen molar-refractivity contribution in [3.05, 3.63) is 107 Å². The van der Waals surface area contributed by atoms with Crippen LogP contribution in [-0.4, -0.2) is 79.6 Å². The minimum Gasteiger partial charge on any atom is -0.508 e. The number of amides is 4. The number of hydrogen-bond donors (Lipinski definition) is 2. The normalized spacial score (nSPS) is 19.2. The minimum absolute atomic E-state index is 0.0746. The van der Waals surface area contributed by atoms with Gasteiger partial charge in [0.1, 0.15) is 22.6 Å². The molecule has 0 unspecified atom stereocenters. The third-order valence-corrected chi connectivity index (χ3v) is 7.94. The van der Waals surface area contributed by atoms with Gasteiger partial charge in [0.25, 0.3) is 0 Å². The van der Waals surface area contributed by atoms with Crippen molar-refractivity contribution in [1.29, 1.82) is 0 Å². The van der Waals surface area contributed by atoms with E-state index in [1.54, 1.807) is 62.4 Å². The van der Waals surface area contributed by atoms with Crippen molar-refractivity contribution in [2.45, 2.75) is 31.7 Å². The van der Waals surface area contributed by atoms with E-state index in [9.17, 15) is 19.5 Å². The van der Waals surface area contributed by atoms with Gasteiger partial charge in [-0.15, -0.1) is 6.58 Å². The topological polar surface area (TPSA) is 109 Å². The molecule has 1 aromatic heterocycles. The Kier molecular flexibility index (Phi) is 8.65. The summed E-state index contributed by atoms with van der Waals surface area (Å²) in [6.07, 6.45) is 2.79. The summed E-state index contributed by atoms with van der Waals surface area (Å²) in [6, 6.07) is 18.6. The summed E-state index contributed by atoms with van der Waals surface area (Å²) in [7, 11) is 0. The van der Waals surface area contributed by atoms with Gasteiger partial charge in [-0.3, -0.25) is 9.59 Å². The fourth-order valence-corrected chi connectivity index (χ4v) is 5.67. The Morgan fingerprint density at radius 1 is 1.07 bits per heavy atom. The standard InChI is InChI=1S/C30H31BrN6O4/c1-2-15-35-20-27(39)36-25(16-21-10-12-24(38)13-11-21)29(40)34(18-23-9-6-14-32-28(23)31)19-26(36)37(35)30(41)33-17-22-7-4-3-5-8-22/h2-14,25-26,38H,1,15-20H2,(H,33,41)/t25-,26-/m0/s1. The summed E-state index contributed by atoms with van der Waals surface area (Å²) >= 11 is 3.47. The Hall–Kier alpha value is -4.22. The Morgan fingerprint density at radius 2 is 1.83 bits per heavy atom. The van der Waals surface area contributed by atoms with Crippen LogP contribution >= 0.6 is 15.9 Å². The molecule has 0 radical (unpaired) electrons. The first-order chi connectivity index (χ1) is 19.9. The third-order valence-electron chi connectivity index (χ3n) is 7.23. The molecule has 2 aliphatic rings. The Bertz CT molecular complexity index is 1420. The highest BCUT2D eigenvalue weighted by Crippen LogP contribution is 2.30. The van der Waals surface area contributed by atoms with E-state index in [0.29, 0.717) is 11.1 Å². The van der Waals surface area contributed by atoms with Gasteiger partial charge in [-0.1, -0.05) is 54.6 Å². The van der Waals surface area contributed by atoms with Crippen LogP contribution in [0.5, 0.6) is 5.75 Å². The molecule has 2 atom stereocenters. The first-order valence-corrected chi connectivity index (χ1v) is 14.1. The van der Waals surface area contributed by atoms with Crippen molar-refractivity contribution in [1.82, 2.24) is 30.1 Å². The van der Waals surface area contributed by atoms with Gasteiger partial charge in [-0.25, -0.2) is 19.8 Å². The monoisotopic (exact) mass is 618 g/mol. The molecule has 0 saturated carbocycles. The van der Waals surface area contributed by atoms with Gasteiger partial charge in [0, 0.05) is 37.8 Å². The molecule has 212 valence electrons. The summed E-state index contributed by atoms with van der Waals surface area (Å²) in [6.45, 7) is 4.69. The summed E-state index contributed by atoms with van der Waals surface area (Å²) in [4.78, 5) is 48.9. The second kappa shape index (κ2) is 12.5. The average molecular weight is 620 g/mol. The second-order valence-corrected chi connectivity index (χ2v) is 10.7. The zero-order chi connectivity index (χ0) is 28.9. The lowest BCUT2D eigenvalue weighted by atomic mass is 9.98. The molecule has 41 heavy (non-hydrogen) atoms. The molecule has 4 amide bonds. The molecule has 10 nitrogen and oxygen atoms in total. The van der Waals surface area contributed by atoms with Crippen LogP contribution in [0.4, 0.5) is 4.79 Å². The molecule has 0 aliphatic carbocycles.